The van der Waals surface area contributed by atoms with Gasteiger partial charge in [-0.05, 0) is 34.5 Å². The second-order valence-electron chi connectivity index (χ2n) is 4.03. The van der Waals surface area contributed by atoms with Gasteiger partial charge >= 0.3 is 0 Å². The largest absolute Gasteiger partial charge is 0.380 e. The standard InChI is InChI=1S/C11H17BrN2OS/c1-15-8-4-5-14(7-8)9(6-13)10-2-3-11(12)16-10/h2-3,8-9H,4-7,13H2,1H3. The highest BCUT2D eigenvalue weighted by atomic mass is 79.9. The smallest absolute Gasteiger partial charge is 0.0710 e. The topological polar surface area (TPSA) is 38.5 Å². The SMILES string of the molecule is COC1CCN(C(CN)c2ccc(Br)s2)C1. The molecule has 16 heavy (non-hydrogen) atoms. The molecule has 2 atom stereocenters. The zero-order valence-corrected chi connectivity index (χ0v) is 11.8. The van der Waals surface area contributed by atoms with Gasteiger partial charge in [0.05, 0.1) is 15.9 Å². The van der Waals surface area contributed by atoms with E-state index in [0.717, 1.165) is 19.5 Å². The Labute approximate surface area is 109 Å². The molecule has 0 aliphatic carbocycles. The van der Waals surface area contributed by atoms with Gasteiger partial charge in [-0.25, -0.2) is 0 Å². The van der Waals surface area contributed by atoms with Crippen molar-refractivity contribution in [3.8, 4) is 0 Å². The number of hydrogen-bond acceptors (Lipinski definition) is 4. The second kappa shape index (κ2) is 5.60. The number of methoxy groups -OCH3 is 1. The van der Waals surface area contributed by atoms with E-state index in [0.29, 0.717) is 18.7 Å². The van der Waals surface area contributed by atoms with Crippen LogP contribution in [0, 0.1) is 0 Å². The molecule has 90 valence electrons. The summed E-state index contributed by atoms with van der Waals surface area (Å²) in [6.45, 7) is 2.74. The van der Waals surface area contributed by atoms with Crippen molar-refractivity contribution in [1.29, 1.82) is 0 Å². The Morgan fingerprint density at radius 1 is 1.69 bits per heavy atom. The Balaban J connectivity index is 2.06. The summed E-state index contributed by atoms with van der Waals surface area (Å²) >= 11 is 5.27. The highest BCUT2D eigenvalue weighted by Crippen LogP contribution is 2.32. The molecule has 0 radical (unpaired) electrons. The summed E-state index contributed by atoms with van der Waals surface area (Å²) in [7, 11) is 1.79. The summed E-state index contributed by atoms with van der Waals surface area (Å²) in [5.41, 5.74) is 5.89. The van der Waals surface area contributed by atoms with Crippen LogP contribution in [0.1, 0.15) is 17.3 Å². The lowest BCUT2D eigenvalue weighted by Gasteiger charge is -2.25. The molecule has 0 amide bonds. The van der Waals surface area contributed by atoms with Crippen LogP contribution < -0.4 is 5.73 Å². The van der Waals surface area contributed by atoms with E-state index in [-0.39, 0.29) is 0 Å². The van der Waals surface area contributed by atoms with E-state index in [9.17, 15) is 0 Å². The molecule has 2 heterocycles. The maximum Gasteiger partial charge on any atom is 0.0710 e. The Bertz CT molecular complexity index is 344. The zero-order chi connectivity index (χ0) is 11.5. The number of halogens is 1. The lowest BCUT2D eigenvalue weighted by atomic mass is 10.2. The molecule has 1 aliphatic heterocycles. The fourth-order valence-electron chi connectivity index (χ4n) is 2.18. The summed E-state index contributed by atoms with van der Waals surface area (Å²) in [5, 5.41) is 0. The predicted octanol–water partition coefficient (Wildman–Crippen LogP) is 2.23. The average Bonchev–Trinajstić information content (AvgIpc) is 2.89. The quantitative estimate of drug-likeness (QED) is 0.927. The van der Waals surface area contributed by atoms with Crippen LogP contribution in [0.3, 0.4) is 0 Å². The third kappa shape index (κ3) is 2.65. The Morgan fingerprint density at radius 3 is 3.00 bits per heavy atom. The molecule has 2 N–H and O–H groups in total. The number of ether oxygens (including phenoxy) is 1. The van der Waals surface area contributed by atoms with Crippen LogP contribution >= 0.6 is 27.3 Å². The molecule has 0 saturated carbocycles. The van der Waals surface area contributed by atoms with Gasteiger partial charge in [-0.1, -0.05) is 0 Å². The fourth-order valence-corrected chi connectivity index (χ4v) is 3.75. The van der Waals surface area contributed by atoms with E-state index in [2.05, 4.69) is 33.0 Å². The van der Waals surface area contributed by atoms with Crippen LogP contribution in [0.5, 0.6) is 0 Å². The molecule has 5 heteroatoms. The number of nitrogens with zero attached hydrogens (tertiary/aromatic N) is 1. The van der Waals surface area contributed by atoms with Gasteiger partial charge in [-0.2, -0.15) is 0 Å². The monoisotopic (exact) mass is 304 g/mol. The number of rotatable bonds is 4. The van der Waals surface area contributed by atoms with Crippen molar-refractivity contribution >= 4 is 27.3 Å². The minimum atomic E-state index is 0.344. The molecule has 1 aliphatic rings. The summed E-state index contributed by atoms with van der Waals surface area (Å²) in [6, 6.07) is 4.59. The van der Waals surface area contributed by atoms with E-state index in [1.54, 1.807) is 18.4 Å². The lowest BCUT2D eigenvalue weighted by molar-refractivity contribution is 0.102. The van der Waals surface area contributed by atoms with Gasteiger partial charge < -0.3 is 10.5 Å². The van der Waals surface area contributed by atoms with E-state index in [1.165, 1.54) is 8.66 Å². The first-order valence-corrected chi connectivity index (χ1v) is 7.07. The highest BCUT2D eigenvalue weighted by Gasteiger charge is 2.28. The number of likely N-dealkylation sites (tertiary alicyclic amines) is 1. The molecule has 2 rings (SSSR count). The van der Waals surface area contributed by atoms with Crippen LogP contribution in [0.4, 0.5) is 0 Å². The van der Waals surface area contributed by atoms with Crippen molar-refractivity contribution in [1.82, 2.24) is 4.90 Å². The normalized spacial score (nSPS) is 23.8. The highest BCUT2D eigenvalue weighted by molar-refractivity contribution is 9.11. The molecule has 0 aromatic carbocycles. The number of hydrogen-bond donors (Lipinski definition) is 1. The van der Waals surface area contributed by atoms with Gasteiger partial charge in [-0.3, -0.25) is 4.90 Å². The molecule has 1 aromatic rings. The minimum Gasteiger partial charge on any atom is -0.380 e. The van der Waals surface area contributed by atoms with Gasteiger partial charge in [0, 0.05) is 31.6 Å². The van der Waals surface area contributed by atoms with Gasteiger partial charge in [0.25, 0.3) is 0 Å². The summed E-state index contributed by atoms with van der Waals surface area (Å²) in [6.07, 6.45) is 1.48. The first-order chi connectivity index (χ1) is 7.74. The molecule has 1 fully saturated rings. The molecular formula is C11H17BrN2OS. The van der Waals surface area contributed by atoms with Crippen molar-refractivity contribution in [3.05, 3.63) is 20.8 Å². The number of nitrogens with two attached hydrogens (primary N) is 1. The van der Waals surface area contributed by atoms with Crippen LogP contribution in [-0.4, -0.2) is 37.7 Å². The summed E-state index contributed by atoms with van der Waals surface area (Å²) < 4.78 is 6.56. The Hall–Kier alpha value is 0.0600. The maximum atomic E-state index is 5.89. The van der Waals surface area contributed by atoms with Crippen molar-refractivity contribution in [3.63, 3.8) is 0 Å². The molecule has 1 saturated heterocycles. The second-order valence-corrected chi connectivity index (χ2v) is 6.53. The van der Waals surface area contributed by atoms with Crippen LogP contribution in [0.2, 0.25) is 0 Å². The molecular weight excluding hydrogens is 288 g/mol. The van der Waals surface area contributed by atoms with Gasteiger partial charge in [0.2, 0.25) is 0 Å². The van der Waals surface area contributed by atoms with Gasteiger partial charge in [-0.15, -0.1) is 11.3 Å². The summed E-state index contributed by atoms with van der Waals surface area (Å²) in [5.74, 6) is 0. The van der Waals surface area contributed by atoms with Gasteiger partial charge in [0.1, 0.15) is 0 Å². The van der Waals surface area contributed by atoms with Crippen LogP contribution in [0.15, 0.2) is 15.9 Å². The summed E-state index contributed by atoms with van der Waals surface area (Å²) in [4.78, 5) is 3.76. The third-order valence-electron chi connectivity index (χ3n) is 3.10. The molecule has 1 aromatic heterocycles. The van der Waals surface area contributed by atoms with E-state index >= 15 is 0 Å². The van der Waals surface area contributed by atoms with E-state index < -0.39 is 0 Å². The third-order valence-corrected chi connectivity index (χ3v) is 4.82. The average molecular weight is 305 g/mol. The Morgan fingerprint density at radius 2 is 2.50 bits per heavy atom. The van der Waals surface area contributed by atoms with Crippen molar-refractivity contribution < 1.29 is 4.74 Å². The molecule has 2 unspecified atom stereocenters. The van der Waals surface area contributed by atoms with Crippen molar-refractivity contribution in [2.75, 3.05) is 26.7 Å². The molecule has 0 spiro atoms. The number of thiophene rings is 1. The van der Waals surface area contributed by atoms with E-state index in [1.807, 2.05) is 0 Å². The molecule has 3 nitrogen and oxygen atoms in total. The zero-order valence-electron chi connectivity index (χ0n) is 9.36. The van der Waals surface area contributed by atoms with Crippen molar-refractivity contribution in [2.45, 2.75) is 18.6 Å². The fraction of sp³-hybridized carbons (Fsp3) is 0.636. The van der Waals surface area contributed by atoms with Gasteiger partial charge in [0.15, 0.2) is 0 Å². The maximum absolute atomic E-state index is 5.89. The minimum absolute atomic E-state index is 0.344. The van der Waals surface area contributed by atoms with E-state index in [4.69, 9.17) is 10.5 Å². The Kier molecular flexibility index (Phi) is 4.38. The first-order valence-electron chi connectivity index (χ1n) is 5.46. The van der Waals surface area contributed by atoms with Crippen molar-refractivity contribution in [2.24, 2.45) is 5.73 Å². The van der Waals surface area contributed by atoms with Crippen LogP contribution in [-0.2, 0) is 4.74 Å². The van der Waals surface area contributed by atoms with Crippen LogP contribution in [0.25, 0.3) is 0 Å². The molecule has 0 bridgehead atoms. The lowest BCUT2D eigenvalue weighted by Crippen LogP contribution is -2.32. The first kappa shape index (κ1) is 12.5. The predicted molar refractivity (Wildman–Crippen MR) is 70.8 cm³/mol.